The van der Waals surface area contributed by atoms with Crippen molar-refractivity contribution >= 4 is 38.7 Å². The summed E-state index contributed by atoms with van der Waals surface area (Å²) in [6, 6.07) is 7.12. The molecule has 9 nitrogen and oxygen atoms in total. The molecule has 1 aromatic carbocycles. The van der Waals surface area contributed by atoms with Gasteiger partial charge < -0.3 is 4.52 Å². The number of aryl methyl sites for hydroxylation is 1. The number of imidazole rings is 1. The maximum absolute atomic E-state index is 12.3. The predicted octanol–water partition coefficient (Wildman–Crippen LogP) is 1.95. The Labute approximate surface area is 164 Å². The Hall–Kier alpha value is -2.72. The summed E-state index contributed by atoms with van der Waals surface area (Å²) in [7, 11) is 2.98. The fraction of sp³-hybridized carbons (Fsp3) is 0.188. The number of halogens is 2. The molecular formula is C16H12BrClN6O3. The summed E-state index contributed by atoms with van der Waals surface area (Å²) in [6.45, 7) is 0.144. The Morgan fingerprint density at radius 3 is 2.63 bits per heavy atom. The molecule has 4 aromatic rings. The van der Waals surface area contributed by atoms with Crippen molar-refractivity contribution in [1.29, 1.82) is 0 Å². The summed E-state index contributed by atoms with van der Waals surface area (Å²) in [5, 5.41) is 4.46. The molecule has 0 unspecified atom stereocenters. The second-order valence-electron chi connectivity index (χ2n) is 5.84. The minimum Gasteiger partial charge on any atom is -0.334 e. The Morgan fingerprint density at radius 1 is 1.15 bits per heavy atom. The monoisotopic (exact) mass is 450 g/mol. The lowest BCUT2D eigenvalue weighted by Crippen LogP contribution is -2.37. The standard InChI is InChI=1S/C16H12BrClN6O3/c1-22-13-11(14(25)23(2)16(22)26)20-15(17)24(13)7-10-19-12(27-21-10)8-5-3-4-6-9(8)18/h3-6H,7H2,1-2H3. The van der Waals surface area contributed by atoms with Gasteiger partial charge in [0.15, 0.2) is 21.7 Å². The highest BCUT2D eigenvalue weighted by Crippen LogP contribution is 2.26. The van der Waals surface area contributed by atoms with E-state index in [4.69, 9.17) is 16.1 Å². The second-order valence-corrected chi connectivity index (χ2v) is 6.96. The molecule has 0 amide bonds. The van der Waals surface area contributed by atoms with Gasteiger partial charge in [0.25, 0.3) is 11.4 Å². The molecule has 0 aliphatic heterocycles. The van der Waals surface area contributed by atoms with E-state index < -0.39 is 11.2 Å². The summed E-state index contributed by atoms with van der Waals surface area (Å²) in [6.07, 6.45) is 0. The first kappa shape index (κ1) is 17.7. The fourth-order valence-corrected chi connectivity index (χ4v) is 3.49. The van der Waals surface area contributed by atoms with Crippen LogP contribution in [0.2, 0.25) is 5.02 Å². The van der Waals surface area contributed by atoms with Crippen molar-refractivity contribution in [3.05, 3.63) is 60.7 Å². The largest absolute Gasteiger partial charge is 0.334 e. The third-order valence-electron chi connectivity index (χ3n) is 4.16. The van der Waals surface area contributed by atoms with E-state index >= 15 is 0 Å². The van der Waals surface area contributed by atoms with Gasteiger partial charge in [-0.1, -0.05) is 28.9 Å². The number of rotatable bonds is 3. The number of nitrogens with zero attached hydrogens (tertiary/aromatic N) is 6. The highest BCUT2D eigenvalue weighted by atomic mass is 79.9. The molecule has 0 saturated heterocycles. The van der Waals surface area contributed by atoms with E-state index in [0.29, 0.717) is 26.8 Å². The Kier molecular flexibility index (Phi) is 4.23. The van der Waals surface area contributed by atoms with E-state index in [1.54, 1.807) is 29.8 Å². The molecule has 11 heteroatoms. The summed E-state index contributed by atoms with van der Waals surface area (Å²) in [4.78, 5) is 33.2. The third kappa shape index (κ3) is 2.81. The van der Waals surface area contributed by atoms with Gasteiger partial charge in [0.2, 0.25) is 0 Å². The van der Waals surface area contributed by atoms with Gasteiger partial charge in [0.1, 0.15) is 0 Å². The molecule has 3 heterocycles. The minimum absolute atomic E-state index is 0.144. The molecule has 138 valence electrons. The zero-order valence-electron chi connectivity index (χ0n) is 14.2. The highest BCUT2D eigenvalue weighted by Gasteiger charge is 2.20. The van der Waals surface area contributed by atoms with Gasteiger partial charge in [-0.2, -0.15) is 4.98 Å². The van der Waals surface area contributed by atoms with Crippen molar-refractivity contribution in [1.82, 2.24) is 28.8 Å². The van der Waals surface area contributed by atoms with E-state index in [9.17, 15) is 9.59 Å². The molecule has 0 atom stereocenters. The molecule has 3 aromatic heterocycles. The zero-order chi connectivity index (χ0) is 19.3. The molecule has 0 N–H and O–H groups in total. The van der Waals surface area contributed by atoms with Gasteiger partial charge in [-0.05, 0) is 28.1 Å². The second kappa shape index (κ2) is 6.46. The quantitative estimate of drug-likeness (QED) is 0.441. The lowest BCUT2D eigenvalue weighted by molar-refractivity contribution is 0.420. The van der Waals surface area contributed by atoms with Gasteiger partial charge in [0, 0.05) is 14.1 Å². The lowest BCUT2D eigenvalue weighted by Gasteiger charge is -2.07. The van der Waals surface area contributed by atoms with Gasteiger partial charge >= 0.3 is 5.69 Å². The molecule has 4 rings (SSSR count). The van der Waals surface area contributed by atoms with Gasteiger partial charge in [-0.15, -0.1) is 0 Å². The van der Waals surface area contributed by atoms with Crippen LogP contribution in [-0.2, 0) is 20.6 Å². The van der Waals surface area contributed by atoms with Crippen molar-refractivity contribution in [2.24, 2.45) is 14.1 Å². The molecule has 0 saturated carbocycles. The predicted molar refractivity (Wildman–Crippen MR) is 102 cm³/mol. The number of hydrogen-bond donors (Lipinski definition) is 0. The lowest BCUT2D eigenvalue weighted by atomic mass is 10.2. The van der Waals surface area contributed by atoms with Crippen LogP contribution in [0.1, 0.15) is 5.82 Å². The van der Waals surface area contributed by atoms with Crippen molar-refractivity contribution in [3.63, 3.8) is 0 Å². The number of fused-ring (bicyclic) bond motifs is 1. The van der Waals surface area contributed by atoms with Crippen LogP contribution < -0.4 is 11.2 Å². The van der Waals surface area contributed by atoms with E-state index in [-0.39, 0.29) is 18.0 Å². The molecule has 0 aliphatic rings. The van der Waals surface area contributed by atoms with Crippen LogP contribution in [0.5, 0.6) is 0 Å². The maximum atomic E-state index is 12.3. The van der Waals surface area contributed by atoms with Crippen molar-refractivity contribution in [2.45, 2.75) is 6.54 Å². The van der Waals surface area contributed by atoms with Crippen LogP contribution in [0.3, 0.4) is 0 Å². The van der Waals surface area contributed by atoms with Gasteiger partial charge in [0.05, 0.1) is 17.1 Å². The SMILES string of the molecule is Cn1c(=O)c2nc(Br)n(Cc3noc(-c4ccccc4Cl)n3)c2n(C)c1=O. The smallest absolute Gasteiger partial charge is 0.332 e. The van der Waals surface area contributed by atoms with Crippen LogP contribution in [0.15, 0.2) is 43.1 Å². The van der Waals surface area contributed by atoms with Crippen LogP contribution in [0.25, 0.3) is 22.6 Å². The molecule has 0 bridgehead atoms. The summed E-state index contributed by atoms with van der Waals surface area (Å²) >= 11 is 9.49. The molecule has 0 aliphatic carbocycles. The highest BCUT2D eigenvalue weighted by molar-refractivity contribution is 9.10. The first-order valence-corrected chi connectivity index (χ1v) is 8.95. The molecule has 0 spiro atoms. The van der Waals surface area contributed by atoms with Crippen LogP contribution in [-0.4, -0.2) is 28.8 Å². The molecule has 0 fully saturated rings. The van der Waals surface area contributed by atoms with Crippen molar-refractivity contribution < 1.29 is 4.52 Å². The summed E-state index contributed by atoms with van der Waals surface area (Å²) < 4.78 is 9.66. The first-order chi connectivity index (χ1) is 12.9. The van der Waals surface area contributed by atoms with E-state index in [1.165, 1.54) is 11.6 Å². The normalized spacial score (nSPS) is 11.4. The first-order valence-electron chi connectivity index (χ1n) is 7.77. The molecular weight excluding hydrogens is 440 g/mol. The van der Waals surface area contributed by atoms with Gasteiger partial charge in [-0.3, -0.25) is 18.5 Å². The summed E-state index contributed by atoms with van der Waals surface area (Å²) in [5.41, 5.74) is 0.220. The number of hydrogen-bond acceptors (Lipinski definition) is 6. The number of benzene rings is 1. The van der Waals surface area contributed by atoms with E-state index in [1.807, 2.05) is 6.07 Å². The number of aromatic nitrogens is 6. The van der Waals surface area contributed by atoms with Crippen molar-refractivity contribution in [2.75, 3.05) is 0 Å². The fourth-order valence-electron chi connectivity index (χ4n) is 2.81. The average molecular weight is 452 g/mol. The minimum atomic E-state index is -0.475. The summed E-state index contributed by atoms with van der Waals surface area (Å²) in [5.74, 6) is 0.624. The van der Waals surface area contributed by atoms with Crippen molar-refractivity contribution in [3.8, 4) is 11.5 Å². The van der Waals surface area contributed by atoms with Crippen LogP contribution in [0, 0.1) is 0 Å². The van der Waals surface area contributed by atoms with E-state index in [2.05, 4.69) is 31.1 Å². The topological polar surface area (TPSA) is 101 Å². The van der Waals surface area contributed by atoms with Crippen LogP contribution >= 0.6 is 27.5 Å². The maximum Gasteiger partial charge on any atom is 0.332 e. The molecule has 27 heavy (non-hydrogen) atoms. The Balaban J connectivity index is 1.82. The van der Waals surface area contributed by atoms with E-state index in [0.717, 1.165) is 4.57 Å². The Morgan fingerprint density at radius 2 is 1.89 bits per heavy atom. The van der Waals surface area contributed by atoms with Crippen LogP contribution in [0.4, 0.5) is 0 Å². The Bertz CT molecular complexity index is 1300. The third-order valence-corrected chi connectivity index (χ3v) is 5.10. The zero-order valence-corrected chi connectivity index (χ0v) is 16.5. The average Bonchev–Trinajstić information content (AvgIpc) is 3.24. The van der Waals surface area contributed by atoms with Gasteiger partial charge in [-0.25, -0.2) is 9.78 Å². The molecule has 0 radical (unpaired) electrons.